The maximum atomic E-state index is 13.1. The number of imide groups is 1. The first-order valence-electron chi connectivity index (χ1n) is 9.77. The van der Waals surface area contributed by atoms with Crippen LogP contribution in [0.25, 0.3) is 0 Å². The average Bonchev–Trinajstić information content (AvgIpc) is 3.50. The van der Waals surface area contributed by atoms with Crippen molar-refractivity contribution in [1.82, 2.24) is 9.80 Å². The minimum atomic E-state index is -0.703. The van der Waals surface area contributed by atoms with Gasteiger partial charge >= 0.3 is 0 Å². The number of ether oxygens (including phenoxy) is 1. The smallest absolute Gasteiger partial charge is 0.257 e. The first-order chi connectivity index (χ1) is 13.5. The van der Waals surface area contributed by atoms with Gasteiger partial charge in [0.25, 0.3) is 5.91 Å². The molecular formula is C20H24BrN3O4. The molecule has 2 saturated heterocycles. The van der Waals surface area contributed by atoms with Crippen LogP contribution in [0, 0.1) is 5.92 Å². The number of carbonyl (C=O) groups is 3. The highest BCUT2D eigenvalue weighted by Crippen LogP contribution is 2.34. The van der Waals surface area contributed by atoms with Gasteiger partial charge in [-0.1, -0.05) is 15.9 Å². The Balaban J connectivity index is 1.50. The highest BCUT2D eigenvalue weighted by Gasteiger charge is 2.46. The van der Waals surface area contributed by atoms with Crippen LogP contribution in [0.15, 0.2) is 28.7 Å². The van der Waals surface area contributed by atoms with Gasteiger partial charge < -0.3 is 9.64 Å². The molecule has 1 aliphatic carbocycles. The number of nitrogens with zero attached hydrogens (tertiary/aromatic N) is 3. The molecule has 28 heavy (non-hydrogen) atoms. The van der Waals surface area contributed by atoms with Crippen LogP contribution in [0.2, 0.25) is 0 Å². The number of rotatable bonds is 6. The predicted octanol–water partition coefficient (Wildman–Crippen LogP) is 1.65. The molecule has 3 aliphatic rings. The van der Waals surface area contributed by atoms with E-state index >= 15 is 0 Å². The van der Waals surface area contributed by atoms with Gasteiger partial charge in [-0.3, -0.25) is 19.3 Å². The van der Waals surface area contributed by atoms with Crippen LogP contribution >= 0.6 is 15.9 Å². The molecule has 2 heterocycles. The molecule has 0 bridgehead atoms. The maximum absolute atomic E-state index is 13.1. The Morgan fingerprint density at radius 1 is 1.14 bits per heavy atom. The summed E-state index contributed by atoms with van der Waals surface area (Å²) in [5.74, 6) is -0.535. The molecule has 1 aromatic carbocycles. The third-order valence-corrected chi connectivity index (χ3v) is 6.08. The Hall–Kier alpha value is -1.77. The summed E-state index contributed by atoms with van der Waals surface area (Å²) in [6.45, 7) is 4.19. The molecule has 3 amide bonds. The van der Waals surface area contributed by atoms with Gasteiger partial charge in [-0.05, 0) is 37.1 Å². The highest BCUT2D eigenvalue weighted by molar-refractivity contribution is 9.10. The SMILES string of the molecule is O=C1CC(N(CCN2CCOCC2)C(=O)C2CC2)C(=O)N1c1ccc(Br)cc1. The average molecular weight is 450 g/mol. The van der Waals surface area contributed by atoms with Crippen LogP contribution in [-0.4, -0.2) is 73.0 Å². The van der Waals surface area contributed by atoms with Crippen molar-refractivity contribution >= 4 is 39.3 Å². The van der Waals surface area contributed by atoms with Crippen LogP contribution < -0.4 is 4.90 Å². The van der Waals surface area contributed by atoms with E-state index in [1.165, 1.54) is 4.90 Å². The number of benzene rings is 1. The van der Waals surface area contributed by atoms with E-state index in [9.17, 15) is 14.4 Å². The monoisotopic (exact) mass is 449 g/mol. The third kappa shape index (κ3) is 4.14. The number of amides is 3. The largest absolute Gasteiger partial charge is 0.379 e. The maximum Gasteiger partial charge on any atom is 0.257 e. The van der Waals surface area contributed by atoms with Crippen molar-refractivity contribution in [1.29, 1.82) is 0 Å². The molecule has 1 unspecified atom stereocenters. The molecule has 7 nitrogen and oxygen atoms in total. The van der Waals surface area contributed by atoms with Gasteiger partial charge in [0.1, 0.15) is 6.04 Å². The van der Waals surface area contributed by atoms with Crippen LogP contribution in [0.4, 0.5) is 5.69 Å². The Morgan fingerprint density at radius 2 is 1.82 bits per heavy atom. The molecule has 0 aromatic heterocycles. The molecule has 4 rings (SSSR count). The predicted molar refractivity (Wildman–Crippen MR) is 107 cm³/mol. The van der Waals surface area contributed by atoms with Gasteiger partial charge in [0.2, 0.25) is 11.8 Å². The Bertz CT molecular complexity index is 759. The number of carbonyl (C=O) groups excluding carboxylic acids is 3. The van der Waals surface area contributed by atoms with Gasteiger partial charge in [-0.15, -0.1) is 0 Å². The fourth-order valence-electron chi connectivity index (χ4n) is 3.78. The number of anilines is 1. The van der Waals surface area contributed by atoms with Gasteiger partial charge in [0.05, 0.1) is 25.3 Å². The molecule has 0 N–H and O–H groups in total. The van der Waals surface area contributed by atoms with Gasteiger partial charge in [-0.25, -0.2) is 4.90 Å². The van der Waals surface area contributed by atoms with Crippen LogP contribution in [0.5, 0.6) is 0 Å². The quantitative estimate of drug-likeness (QED) is 0.617. The van der Waals surface area contributed by atoms with Crippen LogP contribution in [0.3, 0.4) is 0 Å². The van der Waals surface area contributed by atoms with E-state index in [1.807, 2.05) is 0 Å². The van der Waals surface area contributed by atoms with Gasteiger partial charge in [0, 0.05) is 36.6 Å². The zero-order chi connectivity index (χ0) is 19.7. The summed E-state index contributed by atoms with van der Waals surface area (Å²) in [4.78, 5) is 43.8. The Morgan fingerprint density at radius 3 is 2.46 bits per heavy atom. The summed E-state index contributed by atoms with van der Waals surface area (Å²) in [5.41, 5.74) is 0.549. The van der Waals surface area contributed by atoms with Crippen LogP contribution in [-0.2, 0) is 19.1 Å². The molecule has 1 saturated carbocycles. The van der Waals surface area contributed by atoms with Crippen molar-refractivity contribution in [2.45, 2.75) is 25.3 Å². The number of hydrogen-bond donors (Lipinski definition) is 0. The van der Waals surface area contributed by atoms with Gasteiger partial charge in [0.15, 0.2) is 0 Å². The van der Waals surface area contributed by atoms with Gasteiger partial charge in [-0.2, -0.15) is 0 Å². The van der Waals surface area contributed by atoms with E-state index < -0.39 is 6.04 Å². The fraction of sp³-hybridized carbons (Fsp3) is 0.550. The van der Waals surface area contributed by atoms with E-state index in [1.54, 1.807) is 29.2 Å². The summed E-state index contributed by atoms with van der Waals surface area (Å²) >= 11 is 3.36. The van der Waals surface area contributed by atoms with E-state index in [0.29, 0.717) is 32.0 Å². The van der Waals surface area contributed by atoms with Crippen molar-refractivity contribution < 1.29 is 19.1 Å². The van der Waals surface area contributed by atoms with E-state index in [4.69, 9.17) is 4.74 Å². The second-order valence-electron chi connectivity index (χ2n) is 7.52. The zero-order valence-electron chi connectivity index (χ0n) is 15.7. The Labute approximate surface area is 172 Å². The first kappa shape index (κ1) is 19.5. The third-order valence-electron chi connectivity index (χ3n) is 5.55. The molecule has 0 spiro atoms. The van der Waals surface area contributed by atoms with E-state index in [-0.39, 0.29) is 30.1 Å². The lowest BCUT2D eigenvalue weighted by atomic mass is 10.1. The van der Waals surface area contributed by atoms with Crippen molar-refractivity contribution in [2.75, 3.05) is 44.3 Å². The lowest BCUT2D eigenvalue weighted by molar-refractivity contribution is -0.139. The number of morpholine rings is 1. The first-order valence-corrected chi connectivity index (χ1v) is 10.6. The molecule has 1 atom stereocenters. The summed E-state index contributed by atoms with van der Waals surface area (Å²) in [6.07, 6.45) is 1.80. The topological polar surface area (TPSA) is 70.2 Å². The highest BCUT2D eigenvalue weighted by atomic mass is 79.9. The second-order valence-corrected chi connectivity index (χ2v) is 8.44. The molecule has 1 aromatic rings. The van der Waals surface area contributed by atoms with Crippen molar-refractivity contribution in [2.24, 2.45) is 5.92 Å². The lowest BCUT2D eigenvalue weighted by Crippen LogP contribution is -2.50. The Kier molecular flexibility index (Phi) is 5.80. The molecule has 150 valence electrons. The van der Waals surface area contributed by atoms with Crippen molar-refractivity contribution in [3.63, 3.8) is 0 Å². The normalized spacial score (nSPS) is 23.3. The number of hydrogen-bond acceptors (Lipinski definition) is 5. The van der Waals surface area contributed by atoms with Crippen LogP contribution in [0.1, 0.15) is 19.3 Å². The van der Waals surface area contributed by atoms with Crippen molar-refractivity contribution in [3.05, 3.63) is 28.7 Å². The van der Waals surface area contributed by atoms with E-state index in [2.05, 4.69) is 20.8 Å². The zero-order valence-corrected chi connectivity index (χ0v) is 17.3. The molecule has 2 aliphatic heterocycles. The minimum absolute atomic E-state index is 0.00863. The fourth-order valence-corrected chi connectivity index (χ4v) is 4.04. The molecular weight excluding hydrogens is 426 g/mol. The molecule has 0 radical (unpaired) electrons. The van der Waals surface area contributed by atoms with Crippen molar-refractivity contribution in [3.8, 4) is 0 Å². The summed E-state index contributed by atoms with van der Waals surface area (Å²) in [5, 5.41) is 0. The van der Waals surface area contributed by atoms with E-state index in [0.717, 1.165) is 30.4 Å². The summed E-state index contributed by atoms with van der Waals surface area (Å²) in [7, 11) is 0. The summed E-state index contributed by atoms with van der Waals surface area (Å²) in [6, 6.07) is 6.38. The number of halogens is 1. The minimum Gasteiger partial charge on any atom is -0.379 e. The lowest BCUT2D eigenvalue weighted by Gasteiger charge is -2.32. The standard InChI is InChI=1S/C20H24BrN3O4/c21-15-3-5-16(6-4-15)24-18(25)13-17(20(24)27)23(19(26)14-1-2-14)8-7-22-9-11-28-12-10-22/h3-6,14,17H,1-2,7-13H2. The second kappa shape index (κ2) is 8.31. The molecule has 3 fully saturated rings. The molecule has 8 heteroatoms. The summed E-state index contributed by atoms with van der Waals surface area (Å²) < 4.78 is 6.25.